The van der Waals surface area contributed by atoms with Crippen molar-refractivity contribution in [2.45, 2.75) is 35.8 Å². The number of hydrogen-bond acceptors (Lipinski definition) is 4. The van der Waals surface area contributed by atoms with Crippen molar-refractivity contribution in [2.24, 2.45) is 0 Å². The number of hydrazine groups is 1. The van der Waals surface area contributed by atoms with Gasteiger partial charge >= 0.3 is 0 Å². The minimum absolute atomic E-state index is 0.0797. The first-order valence-electron chi connectivity index (χ1n) is 7.33. The molecule has 3 rings (SSSR count). The minimum atomic E-state index is -0.357. The maximum absolute atomic E-state index is 12.1. The van der Waals surface area contributed by atoms with Crippen molar-refractivity contribution >= 4 is 29.3 Å². The Morgan fingerprint density at radius 3 is 2.86 bits per heavy atom. The number of fused-ring (bicyclic) bond motifs is 1. The zero-order valence-corrected chi connectivity index (χ0v) is 12.6. The molecule has 0 spiro atoms. The second-order valence-corrected chi connectivity index (χ2v) is 6.62. The van der Waals surface area contributed by atoms with E-state index in [1.807, 2.05) is 29.3 Å². The summed E-state index contributed by atoms with van der Waals surface area (Å²) in [7, 11) is 0. The lowest BCUT2D eigenvalue weighted by Gasteiger charge is -2.28. The number of hydrogen-bond donors (Lipinski definition) is 2. The number of nitrogens with one attached hydrogen (secondary N) is 2. The fourth-order valence-corrected chi connectivity index (χ4v) is 3.73. The number of thioether (sulfide) groups is 1. The van der Waals surface area contributed by atoms with Crippen LogP contribution >= 0.6 is 11.8 Å². The van der Waals surface area contributed by atoms with Crippen LogP contribution in [0.1, 0.15) is 25.7 Å². The monoisotopic (exact) mass is 305 g/mol. The minimum Gasteiger partial charge on any atom is -0.324 e. The third-order valence-corrected chi connectivity index (χ3v) is 4.99. The van der Waals surface area contributed by atoms with E-state index in [0.29, 0.717) is 0 Å². The molecule has 0 aromatic heterocycles. The summed E-state index contributed by atoms with van der Waals surface area (Å²) in [6, 6.07) is 7.68. The van der Waals surface area contributed by atoms with E-state index in [1.54, 1.807) is 0 Å². The van der Waals surface area contributed by atoms with Gasteiger partial charge < -0.3 is 5.32 Å². The van der Waals surface area contributed by atoms with Gasteiger partial charge in [-0.2, -0.15) is 0 Å². The van der Waals surface area contributed by atoms with Gasteiger partial charge in [0.15, 0.2) is 0 Å². The van der Waals surface area contributed by atoms with E-state index in [4.69, 9.17) is 0 Å². The van der Waals surface area contributed by atoms with E-state index in [1.165, 1.54) is 18.2 Å². The van der Waals surface area contributed by atoms with Crippen molar-refractivity contribution in [3.05, 3.63) is 24.3 Å². The van der Waals surface area contributed by atoms with Crippen molar-refractivity contribution in [3.8, 4) is 0 Å². The third-order valence-electron chi connectivity index (χ3n) is 3.72. The number of nitrogens with zero attached hydrogens (tertiary/aromatic N) is 1. The molecule has 1 atom stereocenters. The smallest absolute Gasteiger partial charge is 0.238 e. The molecule has 0 bridgehead atoms. The Balaban J connectivity index is 1.57. The van der Waals surface area contributed by atoms with Crippen LogP contribution in [0.3, 0.4) is 0 Å². The molecule has 1 fully saturated rings. The van der Waals surface area contributed by atoms with E-state index in [-0.39, 0.29) is 23.5 Å². The zero-order valence-electron chi connectivity index (χ0n) is 11.8. The molecule has 1 saturated heterocycles. The number of rotatable bonds is 3. The molecule has 5 nitrogen and oxygen atoms in total. The lowest BCUT2D eigenvalue weighted by molar-refractivity contribution is -0.128. The predicted molar refractivity (Wildman–Crippen MR) is 82.9 cm³/mol. The first kappa shape index (κ1) is 14.4. The van der Waals surface area contributed by atoms with Gasteiger partial charge in [-0.3, -0.25) is 15.0 Å². The maximum atomic E-state index is 12.1. The summed E-state index contributed by atoms with van der Waals surface area (Å²) in [6.45, 7) is 1.80. The molecule has 1 aromatic rings. The molecule has 2 aliphatic rings. The third kappa shape index (κ3) is 3.57. The molecular formula is C15H19N3O2S. The second-order valence-electron chi connectivity index (χ2n) is 5.38. The lowest BCUT2D eigenvalue weighted by atomic mass is 10.2. The van der Waals surface area contributed by atoms with Crippen LogP contribution in [0, 0.1) is 0 Å². The van der Waals surface area contributed by atoms with E-state index in [2.05, 4.69) is 10.7 Å². The highest BCUT2D eigenvalue weighted by Crippen LogP contribution is 2.36. The molecule has 0 aliphatic carbocycles. The van der Waals surface area contributed by atoms with Crippen LogP contribution in [-0.4, -0.2) is 35.2 Å². The van der Waals surface area contributed by atoms with Crippen LogP contribution in [0.5, 0.6) is 0 Å². The van der Waals surface area contributed by atoms with E-state index in [9.17, 15) is 9.59 Å². The second kappa shape index (κ2) is 6.49. The Kier molecular flexibility index (Phi) is 4.45. The van der Waals surface area contributed by atoms with Crippen LogP contribution in [0.25, 0.3) is 0 Å². The standard InChI is InChI=1S/C15H19N3O2S/c19-14(17-18-8-4-1-5-9-18)10-13-15(20)16-11-6-2-3-7-12(11)21-13/h2-3,6-7,13H,1,4-5,8-10H2,(H,16,20)(H,17,19)/t13-/m1/s1. The highest BCUT2D eigenvalue weighted by Gasteiger charge is 2.29. The number of carbonyl (C=O) groups excluding carboxylic acids is 2. The largest absolute Gasteiger partial charge is 0.324 e. The van der Waals surface area contributed by atoms with Gasteiger partial charge in [-0.25, -0.2) is 5.01 Å². The molecule has 0 saturated carbocycles. The Labute approximate surface area is 128 Å². The van der Waals surface area contributed by atoms with Crippen molar-refractivity contribution in [3.63, 3.8) is 0 Å². The van der Waals surface area contributed by atoms with Gasteiger partial charge in [0, 0.05) is 24.4 Å². The van der Waals surface area contributed by atoms with Crippen molar-refractivity contribution in [1.82, 2.24) is 10.4 Å². The molecule has 2 amide bonds. The molecule has 2 aliphatic heterocycles. The van der Waals surface area contributed by atoms with Crippen LogP contribution in [-0.2, 0) is 9.59 Å². The topological polar surface area (TPSA) is 61.4 Å². The number of para-hydroxylation sites is 1. The van der Waals surface area contributed by atoms with E-state index in [0.717, 1.165) is 36.5 Å². The van der Waals surface area contributed by atoms with Crippen LogP contribution in [0.4, 0.5) is 5.69 Å². The molecule has 0 radical (unpaired) electrons. The number of benzene rings is 1. The van der Waals surface area contributed by atoms with E-state index >= 15 is 0 Å². The molecule has 21 heavy (non-hydrogen) atoms. The molecule has 0 unspecified atom stereocenters. The predicted octanol–water partition coefficient (Wildman–Crippen LogP) is 2.01. The van der Waals surface area contributed by atoms with Crippen molar-refractivity contribution in [1.29, 1.82) is 0 Å². The van der Waals surface area contributed by atoms with Crippen LogP contribution < -0.4 is 10.7 Å². The number of piperidine rings is 1. The van der Waals surface area contributed by atoms with Gasteiger partial charge in [-0.1, -0.05) is 18.6 Å². The molecule has 1 aromatic carbocycles. The Hall–Kier alpha value is -1.53. The molecule has 2 heterocycles. The van der Waals surface area contributed by atoms with Crippen LogP contribution in [0.15, 0.2) is 29.2 Å². The number of anilines is 1. The average molecular weight is 305 g/mol. The Morgan fingerprint density at radius 1 is 1.29 bits per heavy atom. The van der Waals surface area contributed by atoms with Gasteiger partial charge in [-0.05, 0) is 25.0 Å². The Bertz CT molecular complexity index is 543. The van der Waals surface area contributed by atoms with Crippen molar-refractivity contribution < 1.29 is 9.59 Å². The van der Waals surface area contributed by atoms with Gasteiger partial charge in [0.2, 0.25) is 11.8 Å². The average Bonchev–Trinajstić information content (AvgIpc) is 2.49. The normalized spacial score (nSPS) is 22.3. The lowest BCUT2D eigenvalue weighted by Crippen LogP contribution is -2.46. The van der Waals surface area contributed by atoms with E-state index < -0.39 is 0 Å². The number of amides is 2. The summed E-state index contributed by atoms with van der Waals surface area (Å²) in [5, 5.41) is 4.47. The van der Waals surface area contributed by atoms with Gasteiger partial charge in [-0.15, -0.1) is 11.8 Å². The summed E-state index contributed by atoms with van der Waals surface area (Å²) in [5.41, 5.74) is 3.75. The first-order chi connectivity index (χ1) is 10.2. The van der Waals surface area contributed by atoms with Gasteiger partial charge in [0.05, 0.1) is 10.9 Å². The highest BCUT2D eigenvalue weighted by molar-refractivity contribution is 8.01. The maximum Gasteiger partial charge on any atom is 0.238 e. The number of carbonyl (C=O) groups is 2. The van der Waals surface area contributed by atoms with Gasteiger partial charge in [0.1, 0.15) is 0 Å². The summed E-state index contributed by atoms with van der Waals surface area (Å²) in [4.78, 5) is 25.2. The molecular weight excluding hydrogens is 286 g/mol. The summed E-state index contributed by atoms with van der Waals surface area (Å²) in [6.07, 6.45) is 3.67. The highest BCUT2D eigenvalue weighted by atomic mass is 32.2. The van der Waals surface area contributed by atoms with Gasteiger partial charge in [0.25, 0.3) is 0 Å². The first-order valence-corrected chi connectivity index (χ1v) is 8.21. The van der Waals surface area contributed by atoms with Crippen molar-refractivity contribution in [2.75, 3.05) is 18.4 Å². The zero-order chi connectivity index (χ0) is 14.7. The summed E-state index contributed by atoms with van der Waals surface area (Å²) >= 11 is 1.46. The van der Waals surface area contributed by atoms with Crippen LogP contribution in [0.2, 0.25) is 0 Å². The quantitative estimate of drug-likeness (QED) is 0.897. The molecule has 2 N–H and O–H groups in total. The molecule has 112 valence electrons. The summed E-state index contributed by atoms with van der Waals surface area (Å²) in [5.74, 6) is -0.170. The fraction of sp³-hybridized carbons (Fsp3) is 0.467. The Morgan fingerprint density at radius 2 is 2.05 bits per heavy atom. The fourth-order valence-electron chi connectivity index (χ4n) is 2.62. The molecule has 6 heteroatoms. The summed E-state index contributed by atoms with van der Waals surface area (Å²) < 4.78 is 0. The SMILES string of the molecule is O=C(C[C@H]1Sc2ccccc2NC1=O)NN1CCCCC1.